The highest BCUT2D eigenvalue weighted by atomic mass is 35.5. The molecule has 0 unspecified atom stereocenters. The van der Waals surface area contributed by atoms with E-state index in [-0.39, 0.29) is 5.69 Å². The van der Waals surface area contributed by atoms with Gasteiger partial charge in [0, 0.05) is 34.0 Å². The van der Waals surface area contributed by atoms with Crippen LogP contribution in [0, 0.1) is 10.1 Å². The van der Waals surface area contributed by atoms with Gasteiger partial charge in [0.25, 0.3) is 5.69 Å². The van der Waals surface area contributed by atoms with Gasteiger partial charge in [-0.05, 0) is 42.8 Å². The molecule has 0 aliphatic carbocycles. The quantitative estimate of drug-likeness (QED) is 0.674. The zero-order valence-electron chi connectivity index (χ0n) is 11.7. The molecule has 6 heteroatoms. The molecule has 1 aliphatic heterocycles. The first kappa shape index (κ1) is 14.3. The van der Waals surface area contributed by atoms with Crippen LogP contribution >= 0.6 is 11.6 Å². The van der Waals surface area contributed by atoms with Gasteiger partial charge in [0.2, 0.25) is 0 Å². The number of nitrogens with zero attached hydrogens (tertiary/aromatic N) is 2. The second kappa shape index (κ2) is 5.61. The summed E-state index contributed by atoms with van der Waals surface area (Å²) in [5.41, 5.74) is 7.29. The minimum atomic E-state index is -0.420. The zero-order chi connectivity index (χ0) is 15.7. The molecule has 0 spiro atoms. The van der Waals surface area contributed by atoms with Crippen molar-refractivity contribution in [2.24, 2.45) is 5.10 Å². The summed E-state index contributed by atoms with van der Waals surface area (Å²) < 4.78 is 0. The van der Waals surface area contributed by atoms with Gasteiger partial charge in [-0.2, -0.15) is 5.10 Å². The van der Waals surface area contributed by atoms with Gasteiger partial charge in [0.1, 0.15) is 0 Å². The number of nitro benzene ring substituents is 1. The molecule has 1 heterocycles. The Bertz CT molecular complexity index is 811. The third-order valence-electron chi connectivity index (χ3n) is 3.34. The first-order valence-corrected chi connectivity index (χ1v) is 6.99. The first-order valence-electron chi connectivity index (χ1n) is 6.61. The number of nitro groups is 1. The molecule has 0 aromatic heterocycles. The maximum atomic E-state index is 10.8. The summed E-state index contributed by atoms with van der Waals surface area (Å²) in [4.78, 5) is 10.3. The van der Waals surface area contributed by atoms with Crippen LogP contribution in [0.3, 0.4) is 0 Å². The first-order chi connectivity index (χ1) is 10.5. The van der Waals surface area contributed by atoms with Crippen LogP contribution in [0.4, 0.5) is 5.69 Å². The molecule has 2 aromatic carbocycles. The van der Waals surface area contributed by atoms with E-state index in [2.05, 4.69) is 10.5 Å². The van der Waals surface area contributed by atoms with Gasteiger partial charge < -0.3 is 0 Å². The van der Waals surface area contributed by atoms with Gasteiger partial charge in [-0.3, -0.25) is 15.5 Å². The molecule has 0 amide bonds. The number of rotatable bonds is 2. The Labute approximate surface area is 132 Å². The van der Waals surface area contributed by atoms with Crippen molar-refractivity contribution in [1.82, 2.24) is 5.43 Å². The highest BCUT2D eigenvalue weighted by Crippen LogP contribution is 2.24. The van der Waals surface area contributed by atoms with Crippen LogP contribution in [0.15, 0.2) is 53.3 Å². The molecular formula is C16H12ClN3O2. The highest BCUT2D eigenvalue weighted by molar-refractivity contribution is 6.31. The number of nitrogens with one attached hydrogen (secondary N) is 1. The van der Waals surface area contributed by atoms with Crippen molar-refractivity contribution in [3.63, 3.8) is 0 Å². The van der Waals surface area contributed by atoms with Crippen molar-refractivity contribution in [2.75, 3.05) is 0 Å². The monoisotopic (exact) mass is 313 g/mol. The summed E-state index contributed by atoms with van der Waals surface area (Å²) in [6, 6.07) is 11.9. The van der Waals surface area contributed by atoms with Gasteiger partial charge in [-0.1, -0.05) is 17.7 Å². The number of hydrogen-bond acceptors (Lipinski definition) is 4. The SMILES string of the molecule is CC1=Cc2cc(Cl)ccc2C(c2ccc([N+](=O)[O-])cc2)=NN1. The van der Waals surface area contributed by atoms with Crippen molar-refractivity contribution >= 4 is 29.1 Å². The Morgan fingerprint density at radius 3 is 2.59 bits per heavy atom. The predicted octanol–water partition coefficient (Wildman–Crippen LogP) is 3.96. The number of allylic oxidation sites excluding steroid dienone is 1. The summed E-state index contributed by atoms with van der Waals surface area (Å²) in [5.74, 6) is 0. The molecular weight excluding hydrogens is 302 g/mol. The molecule has 0 radical (unpaired) electrons. The standard InChI is InChI=1S/C16H12ClN3O2/c1-10-8-12-9-13(17)4-7-15(12)16(19-18-10)11-2-5-14(6-3-11)20(21)22/h2-9,18H,1H3. The Morgan fingerprint density at radius 1 is 1.18 bits per heavy atom. The molecule has 0 fully saturated rings. The van der Waals surface area contributed by atoms with Gasteiger partial charge >= 0.3 is 0 Å². The average molecular weight is 314 g/mol. The van der Waals surface area contributed by atoms with E-state index in [1.54, 1.807) is 18.2 Å². The summed E-state index contributed by atoms with van der Waals surface area (Å²) in [7, 11) is 0. The smallest absolute Gasteiger partial charge is 0.269 e. The van der Waals surface area contributed by atoms with Gasteiger partial charge in [-0.15, -0.1) is 0 Å². The van der Waals surface area contributed by atoms with Gasteiger partial charge in [0.15, 0.2) is 0 Å². The third-order valence-corrected chi connectivity index (χ3v) is 3.57. The van der Waals surface area contributed by atoms with E-state index < -0.39 is 4.92 Å². The van der Waals surface area contributed by atoms with E-state index in [4.69, 9.17) is 11.6 Å². The number of fused-ring (bicyclic) bond motifs is 1. The number of benzene rings is 2. The van der Waals surface area contributed by atoms with Crippen LogP contribution in [-0.4, -0.2) is 10.6 Å². The predicted molar refractivity (Wildman–Crippen MR) is 87.0 cm³/mol. The second-order valence-electron chi connectivity index (χ2n) is 4.94. The summed E-state index contributed by atoms with van der Waals surface area (Å²) >= 11 is 6.06. The molecule has 110 valence electrons. The lowest BCUT2D eigenvalue weighted by molar-refractivity contribution is -0.384. The zero-order valence-corrected chi connectivity index (χ0v) is 12.5. The number of non-ortho nitro benzene ring substituents is 1. The Hall–Kier alpha value is -2.66. The van der Waals surface area contributed by atoms with E-state index in [1.807, 2.05) is 25.1 Å². The number of hydrazone groups is 1. The van der Waals surface area contributed by atoms with Crippen LogP contribution < -0.4 is 5.43 Å². The van der Waals surface area contributed by atoms with Crippen LogP contribution in [-0.2, 0) is 0 Å². The van der Waals surface area contributed by atoms with Crippen molar-refractivity contribution in [3.8, 4) is 0 Å². The second-order valence-corrected chi connectivity index (χ2v) is 5.37. The normalized spacial score (nSPS) is 13.4. The Morgan fingerprint density at radius 2 is 1.91 bits per heavy atom. The summed E-state index contributed by atoms with van der Waals surface area (Å²) in [5, 5.41) is 15.8. The van der Waals surface area contributed by atoms with E-state index in [9.17, 15) is 10.1 Å². The van der Waals surface area contributed by atoms with Crippen LogP contribution in [0.5, 0.6) is 0 Å². The highest BCUT2D eigenvalue weighted by Gasteiger charge is 2.15. The molecule has 0 saturated carbocycles. The molecule has 0 atom stereocenters. The van der Waals surface area contributed by atoms with Crippen molar-refractivity contribution in [1.29, 1.82) is 0 Å². The fourth-order valence-electron chi connectivity index (χ4n) is 2.30. The summed E-state index contributed by atoms with van der Waals surface area (Å²) in [6.07, 6.45) is 1.96. The lowest BCUT2D eigenvalue weighted by atomic mass is 9.97. The van der Waals surface area contributed by atoms with E-state index >= 15 is 0 Å². The molecule has 3 rings (SSSR count). The number of hydrogen-bond donors (Lipinski definition) is 1. The molecule has 2 aromatic rings. The van der Waals surface area contributed by atoms with E-state index in [0.29, 0.717) is 5.02 Å². The van der Waals surface area contributed by atoms with Crippen molar-refractivity contribution < 1.29 is 4.92 Å². The topological polar surface area (TPSA) is 67.5 Å². The maximum Gasteiger partial charge on any atom is 0.269 e. The molecule has 0 bridgehead atoms. The van der Waals surface area contributed by atoms with Crippen LogP contribution in [0.1, 0.15) is 23.6 Å². The molecule has 1 aliphatic rings. The van der Waals surface area contributed by atoms with Gasteiger partial charge in [0.05, 0.1) is 10.6 Å². The fourth-order valence-corrected chi connectivity index (χ4v) is 2.48. The number of halogens is 1. The lowest BCUT2D eigenvalue weighted by Crippen LogP contribution is -2.09. The van der Waals surface area contributed by atoms with E-state index in [0.717, 1.165) is 28.1 Å². The average Bonchev–Trinajstić information content (AvgIpc) is 2.65. The Kier molecular flexibility index (Phi) is 3.65. The minimum absolute atomic E-state index is 0.0524. The molecule has 1 N–H and O–H groups in total. The van der Waals surface area contributed by atoms with Crippen molar-refractivity contribution in [3.05, 3.63) is 80.0 Å². The van der Waals surface area contributed by atoms with Crippen LogP contribution in [0.25, 0.3) is 6.08 Å². The largest absolute Gasteiger partial charge is 0.282 e. The van der Waals surface area contributed by atoms with Gasteiger partial charge in [-0.25, -0.2) is 0 Å². The molecule has 22 heavy (non-hydrogen) atoms. The fraction of sp³-hybridized carbons (Fsp3) is 0.0625. The molecule has 5 nitrogen and oxygen atoms in total. The van der Waals surface area contributed by atoms with Crippen molar-refractivity contribution in [2.45, 2.75) is 6.92 Å². The minimum Gasteiger partial charge on any atom is -0.282 e. The van der Waals surface area contributed by atoms with E-state index in [1.165, 1.54) is 12.1 Å². The van der Waals surface area contributed by atoms with Crippen LogP contribution in [0.2, 0.25) is 5.02 Å². The lowest BCUT2D eigenvalue weighted by Gasteiger charge is -2.08. The Balaban J connectivity index is 2.10. The maximum absolute atomic E-state index is 10.8. The third kappa shape index (κ3) is 2.71. The molecule has 0 saturated heterocycles. The summed E-state index contributed by atoms with van der Waals surface area (Å²) in [6.45, 7) is 1.91.